The molecule has 1 rings (SSSR count). The van der Waals surface area contributed by atoms with Crippen molar-refractivity contribution in [2.75, 3.05) is 13.1 Å². The van der Waals surface area contributed by atoms with Crippen molar-refractivity contribution < 1.29 is 30.8 Å². The third-order valence-corrected chi connectivity index (χ3v) is 3.38. The highest BCUT2D eigenvalue weighted by molar-refractivity contribution is 7.89. The number of rotatable bonds is 4. The second-order valence-electron chi connectivity index (χ2n) is 4.16. The molecule has 21 heavy (non-hydrogen) atoms. The summed E-state index contributed by atoms with van der Waals surface area (Å²) in [6.07, 6.45) is -4.62. The number of halogens is 4. The fraction of sp³-hybridized carbons (Fsp3) is 0.364. The van der Waals surface area contributed by atoms with Crippen LogP contribution >= 0.6 is 0 Å². The lowest BCUT2D eigenvalue weighted by Gasteiger charge is -2.22. The first-order valence-electron chi connectivity index (χ1n) is 5.63. The molecule has 0 bridgehead atoms. The Hall–Kier alpha value is -1.68. The predicted octanol–water partition coefficient (Wildman–Crippen LogP) is 1.50. The molecule has 0 aliphatic heterocycles. The fourth-order valence-corrected chi connectivity index (χ4v) is 2.14. The van der Waals surface area contributed by atoms with Crippen LogP contribution in [-0.2, 0) is 10.0 Å². The monoisotopic (exact) mass is 328 g/mol. The SMILES string of the molecule is CCN(CC(F)(F)F)C(=O)c1cc(F)cc(S(N)(=O)=O)c1. The third kappa shape index (κ3) is 4.97. The Balaban J connectivity index is 3.20. The second-order valence-corrected chi connectivity index (χ2v) is 5.72. The van der Waals surface area contributed by atoms with E-state index >= 15 is 0 Å². The first kappa shape index (κ1) is 17.4. The molecule has 2 N–H and O–H groups in total. The summed E-state index contributed by atoms with van der Waals surface area (Å²) in [5.74, 6) is -2.23. The quantitative estimate of drug-likeness (QED) is 0.851. The molecule has 118 valence electrons. The highest BCUT2D eigenvalue weighted by atomic mass is 32.2. The zero-order chi connectivity index (χ0) is 16.4. The van der Waals surface area contributed by atoms with Crippen molar-refractivity contribution in [2.45, 2.75) is 18.0 Å². The van der Waals surface area contributed by atoms with Gasteiger partial charge < -0.3 is 4.90 Å². The topological polar surface area (TPSA) is 80.5 Å². The van der Waals surface area contributed by atoms with Gasteiger partial charge >= 0.3 is 6.18 Å². The smallest absolute Gasteiger partial charge is 0.330 e. The minimum atomic E-state index is -4.62. The highest BCUT2D eigenvalue weighted by Gasteiger charge is 2.33. The van der Waals surface area contributed by atoms with E-state index in [-0.39, 0.29) is 6.54 Å². The van der Waals surface area contributed by atoms with Crippen molar-refractivity contribution in [3.8, 4) is 0 Å². The summed E-state index contributed by atoms with van der Waals surface area (Å²) in [6.45, 7) is -0.493. The van der Waals surface area contributed by atoms with Gasteiger partial charge in [-0.3, -0.25) is 4.79 Å². The van der Waals surface area contributed by atoms with E-state index in [0.717, 1.165) is 6.07 Å². The number of carbonyl (C=O) groups is 1. The molecule has 0 aromatic heterocycles. The van der Waals surface area contributed by atoms with E-state index in [1.54, 1.807) is 0 Å². The Morgan fingerprint density at radius 3 is 2.29 bits per heavy atom. The van der Waals surface area contributed by atoms with Crippen molar-refractivity contribution >= 4 is 15.9 Å². The van der Waals surface area contributed by atoms with Gasteiger partial charge in [0.25, 0.3) is 5.91 Å². The number of hydrogen-bond acceptors (Lipinski definition) is 3. The number of nitrogens with two attached hydrogens (primary N) is 1. The van der Waals surface area contributed by atoms with Crippen molar-refractivity contribution in [1.82, 2.24) is 4.90 Å². The van der Waals surface area contributed by atoms with E-state index in [2.05, 4.69) is 0 Å². The molecule has 0 atom stereocenters. The van der Waals surface area contributed by atoms with Crippen LogP contribution in [-0.4, -0.2) is 38.5 Å². The molecule has 0 aliphatic carbocycles. The van der Waals surface area contributed by atoms with Gasteiger partial charge in [-0.15, -0.1) is 0 Å². The van der Waals surface area contributed by atoms with Gasteiger partial charge in [0.15, 0.2) is 0 Å². The number of amides is 1. The summed E-state index contributed by atoms with van der Waals surface area (Å²) in [4.78, 5) is 11.6. The van der Waals surface area contributed by atoms with Gasteiger partial charge in [-0.05, 0) is 25.1 Å². The molecule has 0 aliphatic rings. The Bertz CT molecular complexity index is 643. The third-order valence-electron chi connectivity index (χ3n) is 2.49. The molecule has 0 radical (unpaired) electrons. The first-order valence-corrected chi connectivity index (χ1v) is 7.18. The predicted molar refractivity (Wildman–Crippen MR) is 65.4 cm³/mol. The lowest BCUT2D eigenvalue weighted by molar-refractivity contribution is -0.140. The molecule has 0 unspecified atom stereocenters. The van der Waals surface area contributed by atoms with E-state index in [9.17, 15) is 30.8 Å². The summed E-state index contributed by atoms with van der Waals surface area (Å²) in [7, 11) is -4.28. The molecule has 0 saturated heterocycles. The van der Waals surface area contributed by atoms with E-state index in [1.165, 1.54) is 6.92 Å². The molecule has 1 aromatic rings. The van der Waals surface area contributed by atoms with Crippen molar-refractivity contribution in [3.05, 3.63) is 29.6 Å². The van der Waals surface area contributed by atoms with Crippen molar-refractivity contribution in [2.24, 2.45) is 5.14 Å². The number of nitrogens with zero attached hydrogens (tertiary/aromatic N) is 1. The standard InChI is InChI=1S/C11H12F4N2O3S/c1-2-17(6-11(13,14)15)10(18)7-3-8(12)5-9(4-7)21(16,19)20/h3-5H,2,6H2,1H3,(H2,16,19,20). The van der Waals surface area contributed by atoms with Crippen LogP contribution in [0, 0.1) is 5.82 Å². The van der Waals surface area contributed by atoms with Gasteiger partial charge in [-0.1, -0.05) is 0 Å². The van der Waals surface area contributed by atoms with Crippen LogP contribution in [0.1, 0.15) is 17.3 Å². The number of carbonyl (C=O) groups excluding carboxylic acids is 1. The largest absolute Gasteiger partial charge is 0.406 e. The first-order chi connectivity index (χ1) is 9.44. The number of sulfonamides is 1. The zero-order valence-electron chi connectivity index (χ0n) is 10.8. The van der Waals surface area contributed by atoms with Gasteiger partial charge in [0, 0.05) is 12.1 Å². The van der Waals surface area contributed by atoms with E-state index < -0.39 is 44.9 Å². The normalized spacial score (nSPS) is 12.3. The lowest BCUT2D eigenvalue weighted by Crippen LogP contribution is -2.38. The van der Waals surface area contributed by atoms with Crippen LogP contribution in [0.2, 0.25) is 0 Å². The molecule has 1 amide bonds. The number of alkyl halides is 3. The van der Waals surface area contributed by atoms with Crippen LogP contribution < -0.4 is 5.14 Å². The highest BCUT2D eigenvalue weighted by Crippen LogP contribution is 2.20. The summed E-state index contributed by atoms with van der Waals surface area (Å²) in [5.41, 5.74) is -0.523. The Labute approximate surface area is 118 Å². The van der Waals surface area contributed by atoms with E-state index in [1.807, 2.05) is 0 Å². The Morgan fingerprint density at radius 2 is 1.86 bits per heavy atom. The van der Waals surface area contributed by atoms with Crippen LogP contribution in [0.15, 0.2) is 23.1 Å². The minimum Gasteiger partial charge on any atom is -0.330 e. The molecule has 0 fully saturated rings. The molecule has 0 spiro atoms. The van der Waals surface area contributed by atoms with Crippen molar-refractivity contribution in [1.29, 1.82) is 0 Å². The molecule has 5 nitrogen and oxygen atoms in total. The lowest BCUT2D eigenvalue weighted by atomic mass is 10.2. The van der Waals surface area contributed by atoms with Gasteiger partial charge in [0.1, 0.15) is 12.4 Å². The van der Waals surface area contributed by atoms with Crippen LogP contribution in [0.25, 0.3) is 0 Å². The second kappa shape index (κ2) is 5.98. The number of primary sulfonamides is 1. The molecule has 10 heteroatoms. The van der Waals surface area contributed by atoms with E-state index in [4.69, 9.17) is 5.14 Å². The van der Waals surface area contributed by atoms with Crippen molar-refractivity contribution in [3.63, 3.8) is 0 Å². The number of benzene rings is 1. The van der Waals surface area contributed by atoms with Crippen LogP contribution in [0.4, 0.5) is 17.6 Å². The summed E-state index contributed by atoms with van der Waals surface area (Å²) in [6, 6.07) is 1.96. The maximum atomic E-state index is 13.3. The number of hydrogen-bond donors (Lipinski definition) is 1. The Kier molecular flexibility index (Phi) is 4.95. The minimum absolute atomic E-state index is 0.278. The zero-order valence-corrected chi connectivity index (χ0v) is 11.6. The van der Waals surface area contributed by atoms with Gasteiger partial charge in [-0.2, -0.15) is 13.2 Å². The van der Waals surface area contributed by atoms with Gasteiger partial charge in [-0.25, -0.2) is 17.9 Å². The van der Waals surface area contributed by atoms with Crippen LogP contribution in [0.5, 0.6) is 0 Å². The van der Waals surface area contributed by atoms with Gasteiger partial charge in [0.05, 0.1) is 4.90 Å². The molecule has 0 saturated carbocycles. The van der Waals surface area contributed by atoms with Gasteiger partial charge in [0.2, 0.25) is 10.0 Å². The fourth-order valence-electron chi connectivity index (χ4n) is 1.58. The molecule has 0 heterocycles. The average molecular weight is 328 g/mol. The maximum Gasteiger partial charge on any atom is 0.406 e. The summed E-state index contributed by atoms with van der Waals surface area (Å²) >= 11 is 0. The van der Waals surface area contributed by atoms with E-state index in [0.29, 0.717) is 17.0 Å². The summed E-state index contributed by atoms with van der Waals surface area (Å²) < 4.78 is 72.6. The molecule has 1 aromatic carbocycles. The molecular formula is C11H12F4N2O3S. The Morgan fingerprint density at radius 1 is 1.29 bits per heavy atom. The van der Waals surface area contributed by atoms with Crippen LogP contribution in [0.3, 0.4) is 0 Å². The molecular weight excluding hydrogens is 316 g/mol. The average Bonchev–Trinajstić information content (AvgIpc) is 2.32. The maximum absolute atomic E-state index is 13.3. The summed E-state index contributed by atoms with van der Waals surface area (Å²) in [5, 5.41) is 4.81.